The number of rotatable bonds is 3. The van der Waals surface area contributed by atoms with E-state index in [1.165, 1.54) is 12.1 Å². The lowest BCUT2D eigenvalue weighted by molar-refractivity contribution is 0.174. The number of likely N-dealkylation sites (tertiary alicyclic amines) is 1. The smallest absolute Gasteiger partial charge is 0.124 e. The molecule has 0 aromatic heterocycles. The third-order valence-electron chi connectivity index (χ3n) is 3.76. The van der Waals surface area contributed by atoms with Gasteiger partial charge in [-0.1, -0.05) is 6.92 Å². The van der Waals surface area contributed by atoms with Crippen molar-refractivity contribution in [3.8, 4) is 6.07 Å². The lowest BCUT2D eigenvalue weighted by atomic mass is 9.94. The number of benzene rings is 1. The molecule has 19 heavy (non-hydrogen) atoms. The van der Waals surface area contributed by atoms with Gasteiger partial charge in [0.1, 0.15) is 5.82 Å². The Morgan fingerprint density at radius 3 is 2.95 bits per heavy atom. The normalized spacial score (nSPS) is 24.1. The molecule has 4 heteroatoms. The van der Waals surface area contributed by atoms with Crippen LogP contribution in [0.5, 0.6) is 0 Å². The Morgan fingerprint density at radius 2 is 2.26 bits per heavy atom. The zero-order chi connectivity index (χ0) is 13.8. The fourth-order valence-corrected chi connectivity index (χ4v) is 2.72. The molecule has 1 aliphatic rings. The molecule has 102 valence electrons. The molecule has 1 fully saturated rings. The Morgan fingerprint density at radius 1 is 1.47 bits per heavy atom. The van der Waals surface area contributed by atoms with Crippen LogP contribution in [-0.4, -0.2) is 31.1 Å². The summed E-state index contributed by atoms with van der Waals surface area (Å²) in [6.07, 6.45) is 1.11. The van der Waals surface area contributed by atoms with E-state index in [4.69, 9.17) is 5.26 Å². The average molecular weight is 261 g/mol. The van der Waals surface area contributed by atoms with Crippen molar-refractivity contribution < 1.29 is 4.39 Å². The van der Waals surface area contributed by atoms with Gasteiger partial charge in [0.05, 0.1) is 11.6 Å². The minimum Gasteiger partial charge on any atom is -0.310 e. The van der Waals surface area contributed by atoms with E-state index in [1.54, 1.807) is 6.07 Å². The predicted octanol–water partition coefficient (Wildman–Crippen LogP) is 2.13. The first-order valence-corrected chi connectivity index (χ1v) is 6.70. The topological polar surface area (TPSA) is 39.1 Å². The first-order chi connectivity index (χ1) is 9.08. The van der Waals surface area contributed by atoms with E-state index < -0.39 is 0 Å². The number of piperidine rings is 1. The van der Waals surface area contributed by atoms with Crippen LogP contribution >= 0.6 is 0 Å². The van der Waals surface area contributed by atoms with Gasteiger partial charge in [0, 0.05) is 19.1 Å². The molecule has 0 saturated carbocycles. The van der Waals surface area contributed by atoms with Crippen LogP contribution in [-0.2, 0) is 6.54 Å². The molecular formula is C15H20FN3. The highest BCUT2D eigenvalue weighted by molar-refractivity contribution is 5.33. The summed E-state index contributed by atoms with van der Waals surface area (Å²) in [6, 6.07) is 6.95. The van der Waals surface area contributed by atoms with Gasteiger partial charge in [0.15, 0.2) is 0 Å². The first-order valence-electron chi connectivity index (χ1n) is 6.70. The molecule has 1 heterocycles. The fraction of sp³-hybridized carbons (Fsp3) is 0.533. The summed E-state index contributed by atoms with van der Waals surface area (Å²) in [6.45, 7) is 5.03. The number of nitrogens with one attached hydrogen (secondary N) is 1. The van der Waals surface area contributed by atoms with Crippen LogP contribution in [0.4, 0.5) is 4.39 Å². The van der Waals surface area contributed by atoms with Crippen LogP contribution in [0.1, 0.15) is 24.5 Å². The lowest BCUT2D eigenvalue weighted by Gasteiger charge is -2.35. The Labute approximate surface area is 114 Å². The van der Waals surface area contributed by atoms with Gasteiger partial charge in [-0.05, 0) is 49.7 Å². The number of nitriles is 1. The summed E-state index contributed by atoms with van der Waals surface area (Å²) in [5.41, 5.74) is 1.22. The molecule has 0 bridgehead atoms. The summed E-state index contributed by atoms with van der Waals surface area (Å²) in [5.74, 6) is 0.245. The van der Waals surface area contributed by atoms with E-state index in [9.17, 15) is 4.39 Å². The largest absolute Gasteiger partial charge is 0.310 e. The minimum atomic E-state index is -0.340. The molecule has 0 aliphatic carbocycles. The molecule has 0 spiro atoms. The third kappa shape index (κ3) is 3.76. The highest BCUT2D eigenvalue weighted by atomic mass is 19.1. The summed E-state index contributed by atoms with van der Waals surface area (Å²) in [4.78, 5) is 2.33. The van der Waals surface area contributed by atoms with Crippen molar-refractivity contribution >= 4 is 0 Å². The molecule has 1 N–H and O–H groups in total. The SMILES string of the molecule is CC1CN(C)CCC1NCc1cc(F)cc(C#N)c1. The quantitative estimate of drug-likeness (QED) is 0.906. The number of hydrogen-bond acceptors (Lipinski definition) is 3. The van der Waals surface area contributed by atoms with Crippen LogP contribution in [0.15, 0.2) is 18.2 Å². The molecule has 1 saturated heterocycles. The van der Waals surface area contributed by atoms with Gasteiger partial charge in [-0.2, -0.15) is 5.26 Å². The van der Waals surface area contributed by atoms with E-state index in [1.807, 2.05) is 6.07 Å². The van der Waals surface area contributed by atoms with Crippen molar-refractivity contribution in [3.63, 3.8) is 0 Å². The molecule has 2 atom stereocenters. The van der Waals surface area contributed by atoms with Crippen LogP contribution < -0.4 is 5.32 Å². The van der Waals surface area contributed by atoms with Crippen molar-refractivity contribution in [2.24, 2.45) is 5.92 Å². The van der Waals surface area contributed by atoms with E-state index in [2.05, 4.69) is 24.2 Å². The third-order valence-corrected chi connectivity index (χ3v) is 3.76. The zero-order valence-electron chi connectivity index (χ0n) is 11.5. The predicted molar refractivity (Wildman–Crippen MR) is 73.0 cm³/mol. The van der Waals surface area contributed by atoms with Crippen molar-refractivity contribution in [1.29, 1.82) is 5.26 Å². The van der Waals surface area contributed by atoms with Crippen LogP contribution in [0.2, 0.25) is 0 Å². The summed E-state index contributed by atoms with van der Waals surface area (Å²) in [5, 5.41) is 12.3. The summed E-state index contributed by atoms with van der Waals surface area (Å²) >= 11 is 0. The van der Waals surface area contributed by atoms with Gasteiger partial charge < -0.3 is 10.2 Å². The average Bonchev–Trinajstić information content (AvgIpc) is 2.37. The maximum Gasteiger partial charge on any atom is 0.124 e. The second-order valence-corrected chi connectivity index (χ2v) is 5.48. The Hall–Kier alpha value is -1.44. The Balaban J connectivity index is 1.95. The molecule has 0 radical (unpaired) electrons. The second kappa shape index (κ2) is 6.14. The maximum absolute atomic E-state index is 13.3. The van der Waals surface area contributed by atoms with Gasteiger partial charge in [-0.25, -0.2) is 4.39 Å². The molecule has 2 rings (SSSR count). The molecule has 1 aromatic carbocycles. The highest BCUT2D eigenvalue weighted by Gasteiger charge is 2.23. The Kier molecular flexibility index (Phi) is 4.52. The lowest BCUT2D eigenvalue weighted by Crippen LogP contribution is -2.46. The van der Waals surface area contributed by atoms with Gasteiger partial charge in [-0.3, -0.25) is 0 Å². The number of nitrogens with zero attached hydrogens (tertiary/aromatic N) is 2. The van der Waals surface area contributed by atoms with E-state index in [-0.39, 0.29) is 5.82 Å². The zero-order valence-corrected chi connectivity index (χ0v) is 11.5. The van der Waals surface area contributed by atoms with Gasteiger partial charge in [0.25, 0.3) is 0 Å². The molecule has 1 aromatic rings. The van der Waals surface area contributed by atoms with E-state index in [0.717, 1.165) is 25.1 Å². The molecular weight excluding hydrogens is 241 g/mol. The highest BCUT2D eigenvalue weighted by Crippen LogP contribution is 2.16. The van der Waals surface area contributed by atoms with Crippen LogP contribution in [0.3, 0.4) is 0 Å². The van der Waals surface area contributed by atoms with Gasteiger partial charge in [0.2, 0.25) is 0 Å². The molecule has 1 aliphatic heterocycles. The second-order valence-electron chi connectivity index (χ2n) is 5.48. The van der Waals surface area contributed by atoms with Crippen molar-refractivity contribution in [2.45, 2.75) is 25.9 Å². The molecule has 3 nitrogen and oxygen atoms in total. The summed E-state index contributed by atoms with van der Waals surface area (Å²) in [7, 11) is 2.14. The van der Waals surface area contributed by atoms with Crippen LogP contribution in [0.25, 0.3) is 0 Å². The minimum absolute atomic E-state index is 0.340. The van der Waals surface area contributed by atoms with Crippen molar-refractivity contribution in [2.75, 3.05) is 20.1 Å². The maximum atomic E-state index is 13.3. The Bertz CT molecular complexity index is 481. The van der Waals surface area contributed by atoms with Crippen molar-refractivity contribution in [1.82, 2.24) is 10.2 Å². The van der Waals surface area contributed by atoms with E-state index in [0.29, 0.717) is 24.1 Å². The monoisotopic (exact) mass is 261 g/mol. The molecule has 2 unspecified atom stereocenters. The number of hydrogen-bond donors (Lipinski definition) is 1. The first kappa shape index (κ1) is 14.0. The van der Waals surface area contributed by atoms with Gasteiger partial charge in [-0.15, -0.1) is 0 Å². The van der Waals surface area contributed by atoms with Crippen LogP contribution in [0, 0.1) is 23.1 Å². The fourth-order valence-electron chi connectivity index (χ4n) is 2.72. The van der Waals surface area contributed by atoms with E-state index >= 15 is 0 Å². The van der Waals surface area contributed by atoms with Crippen molar-refractivity contribution in [3.05, 3.63) is 35.1 Å². The number of halogens is 1. The molecule has 0 amide bonds. The van der Waals surface area contributed by atoms with Gasteiger partial charge >= 0.3 is 0 Å². The standard InChI is InChI=1S/C15H20FN3/c1-11-10-19(2)4-3-15(11)18-9-13-5-12(8-17)6-14(16)7-13/h5-7,11,15,18H,3-4,9-10H2,1-2H3. The summed E-state index contributed by atoms with van der Waals surface area (Å²) < 4.78 is 13.3.